The molecular formula is C17H21BN2O4S. The van der Waals surface area contributed by atoms with Crippen molar-refractivity contribution in [1.82, 2.24) is 9.71 Å². The minimum atomic E-state index is -3.19. The molecule has 0 unspecified atom stereocenters. The first-order valence-corrected chi connectivity index (χ1v) is 10.4. The highest BCUT2D eigenvalue weighted by molar-refractivity contribution is 7.89. The molecular weight excluding hydrogens is 339 g/mol. The highest BCUT2D eigenvalue weighted by Gasteiger charge is 2.39. The molecule has 132 valence electrons. The molecule has 0 atom stereocenters. The predicted octanol–water partition coefficient (Wildman–Crippen LogP) is 1.55. The Balaban J connectivity index is 1.55. The van der Waals surface area contributed by atoms with Crippen molar-refractivity contribution in [1.29, 1.82) is 0 Å². The van der Waals surface area contributed by atoms with Crippen molar-refractivity contribution in [2.24, 2.45) is 5.92 Å². The molecule has 1 fully saturated rings. The lowest BCUT2D eigenvalue weighted by molar-refractivity contribution is 0.308. The summed E-state index contributed by atoms with van der Waals surface area (Å²) in [5, 5.41) is 10.0. The highest BCUT2D eigenvalue weighted by Crippen LogP contribution is 2.46. The Labute approximate surface area is 148 Å². The normalized spacial score (nSPS) is 24.2. The third kappa shape index (κ3) is 3.14. The van der Waals surface area contributed by atoms with Crippen LogP contribution in [0.3, 0.4) is 0 Å². The lowest BCUT2D eigenvalue weighted by Gasteiger charge is -2.39. The molecule has 6 nitrogen and oxygen atoms in total. The van der Waals surface area contributed by atoms with Crippen LogP contribution in [0.1, 0.15) is 43.0 Å². The zero-order chi connectivity index (χ0) is 17.6. The lowest BCUT2D eigenvalue weighted by Crippen LogP contribution is -2.45. The summed E-state index contributed by atoms with van der Waals surface area (Å²) in [6.07, 6.45) is 8.70. The van der Waals surface area contributed by atoms with Crippen molar-refractivity contribution < 1.29 is 18.1 Å². The van der Waals surface area contributed by atoms with Crippen LogP contribution in [0.25, 0.3) is 11.6 Å². The van der Waals surface area contributed by atoms with E-state index >= 15 is 0 Å². The molecule has 0 spiro atoms. The summed E-state index contributed by atoms with van der Waals surface area (Å²) in [5.74, 6) is 2.73. The quantitative estimate of drug-likeness (QED) is 0.778. The lowest BCUT2D eigenvalue weighted by atomic mass is 9.68. The van der Waals surface area contributed by atoms with Gasteiger partial charge in [0.1, 0.15) is 5.75 Å². The molecule has 2 aliphatic carbocycles. The first kappa shape index (κ1) is 16.8. The summed E-state index contributed by atoms with van der Waals surface area (Å²) in [6.45, 7) is 1.86. The largest absolute Gasteiger partial charge is 0.552 e. The summed E-state index contributed by atoms with van der Waals surface area (Å²) < 4.78 is 32.1. The molecule has 0 bridgehead atoms. The van der Waals surface area contributed by atoms with Crippen molar-refractivity contribution in [3.05, 3.63) is 35.1 Å². The number of sulfonamides is 1. The second-order valence-electron chi connectivity index (χ2n) is 6.90. The van der Waals surface area contributed by atoms with E-state index in [1.807, 2.05) is 6.92 Å². The number of allylic oxidation sites excluding steroid dienone is 2. The minimum absolute atomic E-state index is 0.0312. The van der Waals surface area contributed by atoms with Crippen LogP contribution in [-0.4, -0.2) is 37.3 Å². The summed E-state index contributed by atoms with van der Waals surface area (Å²) >= 11 is 0. The average molecular weight is 360 g/mol. The Morgan fingerprint density at radius 2 is 2.24 bits per heavy atom. The van der Waals surface area contributed by atoms with Gasteiger partial charge in [-0.05, 0) is 36.7 Å². The van der Waals surface area contributed by atoms with Crippen LogP contribution in [-0.2, 0) is 16.4 Å². The number of rotatable bonds is 5. The van der Waals surface area contributed by atoms with E-state index in [2.05, 4.69) is 21.9 Å². The third-order valence-electron chi connectivity index (χ3n) is 5.02. The predicted molar refractivity (Wildman–Crippen MR) is 97.3 cm³/mol. The number of aromatic nitrogens is 1. The zero-order valence-electron chi connectivity index (χ0n) is 14.1. The molecule has 2 heterocycles. The number of nitrogens with one attached hydrogen (secondary N) is 1. The fourth-order valence-electron chi connectivity index (χ4n) is 3.86. The van der Waals surface area contributed by atoms with E-state index in [9.17, 15) is 13.4 Å². The van der Waals surface area contributed by atoms with Crippen molar-refractivity contribution in [2.75, 3.05) is 5.75 Å². The molecule has 1 aromatic heterocycles. The van der Waals surface area contributed by atoms with Crippen molar-refractivity contribution in [2.45, 2.75) is 38.6 Å². The van der Waals surface area contributed by atoms with E-state index < -0.39 is 17.1 Å². The van der Waals surface area contributed by atoms with Gasteiger partial charge in [-0.1, -0.05) is 19.1 Å². The SMILES string of the molecule is CCCS(=O)(=O)NC1CC(C2=CB(O)Oc3cnc4c(c32)C=CC4)C1. The number of fused-ring (bicyclic) bond motifs is 3. The first-order chi connectivity index (χ1) is 12.0. The topological polar surface area (TPSA) is 88.5 Å². The van der Waals surface area contributed by atoms with Gasteiger partial charge in [-0.15, -0.1) is 0 Å². The Morgan fingerprint density at radius 1 is 1.44 bits per heavy atom. The van der Waals surface area contributed by atoms with Crippen LogP contribution in [0.2, 0.25) is 0 Å². The second kappa shape index (κ2) is 6.27. The molecule has 25 heavy (non-hydrogen) atoms. The maximum absolute atomic E-state index is 11.9. The van der Waals surface area contributed by atoms with Crippen LogP contribution in [0.15, 0.2) is 18.2 Å². The number of pyridine rings is 1. The maximum Gasteiger partial charge on any atom is 0.552 e. The van der Waals surface area contributed by atoms with Gasteiger partial charge in [-0.2, -0.15) is 0 Å². The van der Waals surface area contributed by atoms with Gasteiger partial charge in [0.2, 0.25) is 10.0 Å². The van der Waals surface area contributed by atoms with Gasteiger partial charge in [0, 0.05) is 23.6 Å². The van der Waals surface area contributed by atoms with E-state index in [4.69, 9.17) is 4.65 Å². The van der Waals surface area contributed by atoms with E-state index in [0.29, 0.717) is 12.2 Å². The van der Waals surface area contributed by atoms with Gasteiger partial charge >= 0.3 is 7.12 Å². The van der Waals surface area contributed by atoms with Gasteiger partial charge in [0.05, 0.1) is 17.6 Å². The van der Waals surface area contributed by atoms with Crippen molar-refractivity contribution >= 4 is 28.8 Å². The maximum atomic E-state index is 11.9. The molecule has 0 radical (unpaired) electrons. The molecule has 2 N–H and O–H groups in total. The van der Waals surface area contributed by atoms with Crippen molar-refractivity contribution in [3.8, 4) is 5.75 Å². The van der Waals surface area contributed by atoms with Gasteiger partial charge < -0.3 is 9.68 Å². The van der Waals surface area contributed by atoms with Crippen LogP contribution in [0.5, 0.6) is 5.75 Å². The summed E-state index contributed by atoms with van der Waals surface area (Å²) in [5.41, 5.74) is 4.13. The summed E-state index contributed by atoms with van der Waals surface area (Å²) in [7, 11) is -4.17. The molecule has 4 rings (SSSR count). The van der Waals surface area contributed by atoms with E-state index in [1.54, 1.807) is 12.2 Å². The van der Waals surface area contributed by atoms with Crippen molar-refractivity contribution in [3.63, 3.8) is 0 Å². The third-order valence-corrected chi connectivity index (χ3v) is 6.65. The molecule has 0 aromatic carbocycles. The Morgan fingerprint density at radius 3 is 3.00 bits per heavy atom. The van der Waals surface area contributed by atoms with E-state index in [0.717, 1.165) is 41.7 Å². The Hall–Kier alpha value is -1.64. The number of nitrogens with zero attached hydrogens (tertiary/aromatic N) is 1. The van der Waals surface area contributed by atoms with Gasteiger partial charge in [-0.25, -0.2) is 13.1 Å². The van der Waals surface area contributed by atoms with E-state index in [-0.39, 0.29) is 17.7 Å². The second-order valence-corrected chi connectivity index (χ2v) is 8.77. The smallest absolute Gasteiger partial charge is 0.531 e. The van der Waals surface area contributed by atoms with Gasteiger partial charge in [0.15, 0.2) is 0 Å². The molecule has 1 aliphatic heterocycles. The van der Waals surface area contributed by atoms with Crippen LogP contribution < -0.4 is 9.38 Å². The Kier molecular flexibility index (Phi) is 4.21. The zero-order valence-corrected chi connectivity index (χ0v) is 14.9. The number of hydrogen-bond donors (Lipinski definition) is 2. The standard InChI is InChI=1S/C17H21BN2O4S/c1-2-6-25(22,23)20-12-7-11(8-12)14-9-18(21)24-16-10-19-15-5-3-4-13(15)17(14)16/h3-4,9-12,20-21H,2,5-8H2,1H3. The molecule has 0 saturated heterocycles. The van der Waals surface area contributed by atoms with Crippen LogP contribution in [0.4, 0.5) is 0 Å². The minimum Gasteiger partial charge on any atom is -0.531 e. The number of hydrogen-bond acceptors (Lipinski definition) is 5. The average Bonchev–Trinajstić information content (AvgIpc) is 2.98. The molecule has 0 amide bonds. The monoisotopic (exact) mass is 360 g/mol. The summed E-state index contributed by atoms with van der Waals surface area (Å²) in [4.78, 5) is 4.41. The van der Waals surface area contributed by atoms with Crippen LogP contribution >= 0.6 is 0 Å². The summed E-state index contributed by atoms with van der Waals surface area (Å²) in [6, 6.07) is -0.0312. The fraction of sp³-hybridized carbons (Fsp3) is 0.471. The van der Waals surface area contributed by atoms with Gasteiger partial charge in [-0.3, -0.25) is 4.98 Å². The highest BCUT2D eigenvalue weighted by atomic mass is 32.2. The van der Waals surface area contributed by atoms with E-state index in [1.165, 1.54) is 0 Å². The fourth-order valence-corrected chi connectivity index (χ4v) is 5.21. The molecule has 1 aromatic rings. The van der Waals surface area contributed by atoms with Crippen LogP contribution in [0, 0.1) is 5.92 Å². The molecule has 3 aliphatic rings. The first-order valence-electron chi connectivity index (χ1n) is 8.72. The Bertz CT molecular complexity index is 860. The molecule has 8 heteroatoms. The molecule has 1 saturated carbocycles. The van der Waals surface area contributed by atoms with Gasteiger partial charge in [0.25, 0.3) is 0 Å².